The topological polar surface area (TPSA) is 73.3 Å². The molecule has 7 nitrogen and oxygen atoms in total. The summed E-state index contributed by atoms with van der Waals surface area (Å²) in [5.41, 5.74) is 5.11. The lowest BCUT2D eigenvalue weighted by Crippen LogP contribution is -1.97. The molecule has 140 valence electrons. The van der Waals surface area contributed by atoms with E-state index >= 15 is 0 Å². The lowest BCUT2D eigenvalue weighted by Gasteiger charge is -1.98. The van der Waals surface area contributed by atoms with Crippen LogP contribution in [0.2, 0.25) is 0 Å². The fraction of sp³-hybridized carbons (Fsp3) is 0.421. The van der Waals surface area contributed by atoms with Crippen molar-refractivity contribution in [2.75, 3.05) is 0 Å². The van der Waals surface area contributed by atoms with E-state index in [9.17, 15) is 0 Å². The Morgan fingerprint density at radius 1 is 0.731 bits per heavy atom. The Labute approximate surface area is 155 Å². The highest BCUT2D eigenvalue weighted by Gasteiger charge is 1.99. The van der Waals surface area contributed by atoms with Crippen LogP contribution in [-0.2, 0) is 0 Å². The molecule has 0 saturated heterocycles. The third kappa shape index (κ3) is 5.08. The molecule has 4 rings (SSSR count). The van der Waals surface area contributed by atoms with Gasteiger partial charge in [-0.3, -0.25) is 0 Å². The second-order valence-corrected chi connectivity index (χ2v) is 5.15. The van der Waals surface area contributed by atoms with Gasteiger partial charge in [0.25, 0.3) is 5.78 Å². The van der Waals surface area contributed by atoms with Crippen LogP contribution in [0.5, 0.6) is 0 Å². The average Bonchev–Trinajstić information content (AvgIpc) is 3.28. The summed E-state index contributed by atoms with van der Waals surface area (Å²) >= 11 is 0. The Morgan fingerprint density at radius 2 is 1.31 bits per heavy atom. The Bertz CT molecular complexity index is 860. The quantitative estimate of drug-likeness (QED) is 0.474. The van der Waals surface area contributed by atoms with Crippen LogP contribution in [0.3, 0.4) is 0 Å². The summed E-state index contributed by atoms with van der Waals surface area (Å²) in [6.45, 7) is 15.9. The van der Waals surface area contributed by atoms with Gasteiger partial charge in [-0.1, -0.05) is 27.7 Å². The fourth-order valence-corrected chi connectivity index (χ4v) is 2.34. The minimum Gasteiger partial charge on any atom is -0.234 e. The second kappa shape index (κ2) is 10.2. The summed E-state index contributed by atoms with van der Waals surface area (Å²) in [7, 11) is 0. The molecule has 4 aromatic rings. The van der Waals surface area contributed by atoms with Gasteiger partial charge in [0, 0.05) is 28.8 Å². The third-order valence-electron chi connectivity index (χ3n) is 3.22. The highest BCUT2D eigenvalue weighted by molar-refractivity contribution is 5.38. The van der Waals surface area contributed by atoms with Gasteiger partial charge in [0.05, 0.1) is 6.20 Å². The van der Waals surface area contributed by atoms with Crippen LogP contribution in [0, 0.1) is 27.7 Å². The van der Waals surface area contributed by atoms with Crippen LogP contribution in [0.25, 0.3) is 11.4 Å². The van der Waals surface area contributed by atoms with Gasteiger partial charge < -0.3 is 0 Å². The van der Waals surface area contributed by atoms with Gasteiger partial charge in [-0.25, -0.2) is 19.0 Å². The number of fused-ring (bicyclic) bond motifs is 2. The molecule has 7 heteroatoms. The lowest BCUT2D eigenvalue weighted by molar-refractivity contribution is 0.885. The van der Waals surface area contributed by atoms with Crippen molar-refractivity contribution in [3.8, 4) is 0 Å². The van der Waals surface area contributed by atoms with E-state index in [1.54, 1.807) is 10.7 Å². The van der Waals surface area contributed by atoms with Crippen LogP contribution >= 0.6 is 0 Å². The summed E-state index contributed by atoms with van der Waals surface area (Å²) in [5, 5.41) is 8.12. The van der Waals surface area contributed by atoms with Crippen molar-refractivity contribution < 1.29 is 0 Å². The maximum atomic E-state index is 4.30. The molecule has 0 aliphatic rings. The van der Waals surface area contributed by atoms with Gasteiger partial charge in [0.2, 0.25) is 0 Å². The zero-order valence-corrected chi connectivity index (χ0v) is 17.0. The Morgan fingerprint density at radius 3 is 1.96 bits per heavy atom. The molecule has 4 aromatic heterocycles. The van der Waals surface area contributed by atoms with Crippen molar-refractivity contribution in [1.29, 1.82) is 0 Å². The first-order chi connectivity index (χ1) is 12.5. The van der Waals surface area contributed by atoms with Gasteiger partial charge in [-0.05, 0) is 39.8 Å². The Kier molecular flexibility index (Phi) is 8.34. The highest BCUT2D eigenvalue weighted by atomic mass is 15.3. The molecule has 0 fully saturated rings. The van der Waals surface area contributed by atoms with Crippen molar-refractivity contribution in [2.24, 2.45) is 0 Å². The van der Waals surface area contributed by atoms with E-state index < -0.39 is 0 Å². The number of hydrogen-bond donors (Lipinski definition) is 0. The second-order valence-electron chi connectivity index (χ2n) is 5.15. The van der Waals surface area contributed by atoms with Crippen LogP contribution in [0.4, 0.5) is 0 Å². The van der Waals surface area contributed by atoms with Crippen molar-refractivity contribution >= 4 is 11.4 Å². The van der Waals surface area contributed by atoms with Gasteiger partial charge >= 0.3 is 0 Å². The summed E-state index contributed by atoms with van der Waals surface area (Å²) in [6, 6.07) is 5.89. The number of aryl methyl sites for hydroxylation is 4. The third-order valence-corrected chi connectivity index (χ3v) is 3.22. The molecule has 0 aliphatic heterocycles. The summed E-state index contributed by atoms with van der Waals surface area (Å²) in [6.07, 6.45) is 3.27. The minimum absolute atomic E-state index is 0.669. The van der Waals surface area contributed by atoms with E-state index in [1.807, 2.05) is 78.1 Å². The number of aromatic nitrogens is 7. The van der Waals surface area contributed by atoms with Crippen LogP contribution < -0.4 is 0 Å². The predicted molar refractivity (Wildman–Crippen MR) is 105 cm³/mol. The van der Waals surface area contributed by atoms with Crippen LogP contribution in [0.15, 0.2) is 30.7 Å². The van der Waals surface area contributed by atoms with Crippen molar-refractivity contribution in [3.05, 3.63) is 53.5 Å². The molecule has 0 amide bonds. The van der Waals surface area contributed by atoms with Gasteiger partial charge in [0.1, 0.15) is 6.33 Å². The molecule has 0 N–H and O–H groups in total. The average molecular weight is 355 g/mol. The first-order valence-electron chi connectivity index (χ1n) is 8.96. The fourth-order valence-electron chi connectivity index (χ4n) is 2.34. The van der Waals surface area contributed by atoms with E-state index in [-0.39, 0.29) is 0 Å². The summed E-state index contributed by atoms with van der Waals surface area (Å²) < 4.78 is 3.54. The predicted octanol–water partition coefficient (Wildman–Crippen LogP) is 4.14. The minimum atomic E-state index is 0.669. The zero-order valence-electron chi connectivity index (χ0n) is 17.0. The maximum absolute atomic E-state index is 4.30. The first-order valence-corrected chi connectivity index (χ1v) is 8.96. The van der Waals surface area contributed by atoms with E-state index in [0.717, 1.165) is 28.4 Å². The molecule has 4 heterocycles. The van der Waals surface area contributed by atoms with E-state index in [0.29, 0.717) is 5.78 Å². The molecular formula is C19H29N7. The van der Waals surface area contributed by atoms with Crippen LogP contribution in [-0.4, -0.2) is 34.2 Å². The molecular weight excluding hydrogens is 326 g/mol. The molecule has 26 heavy (non-hydrogen) atoms. The van der Waals surface area contributed by atoms with Gasteiger partial charge in [-0.2, -0.15) is 15.2 Å². The summed E-state index contributed by atoms with van der Waals surface area (Å²) in [5.74, 6) is 0.669. The Balaban J connectivity index is 0.000000219. The normalized spacial score (nSPS) is 9.54. The molecule has 0 spiro atoms. The van der Waals surface area contributed by atoms with E-state index in [4.69, 9.17) is 0 Å². The Hall–Kier alpha value is -2.83. The molecule has 0 atom stereocenters. The summed E-state index contributed by atoms with van der Waals surface area (Å²) in [4.78, 5) is 12.5. The first kappa shape index (κ1) is 21.2. The molecule has 0 saturated carbocycles. The van der Waals surface area contributed by atoms with Crippen molar-refractivity contribution in [1.82, 2.24) is 34.2 Å². The van der Waals surface area contributed by atoms with E-state index in [2.05, 4.69) is 25.1 Å². The van der Waals surface area contributed by atoms with E-state index in [1.165, 1.54) is 6.33 Å². The monoisotopic (exact) mass is 355 g/mol. The maximum Gasteiger partial charge on any atom is 0.252 e. The zero-order chi connectivity index (χ0) is 19.7. The SMILES string of the molecule is CC.CC.Cc1cc(C)n2nccc2n1.Cc1cc(C)n2ncnc2n1. The lowest BCUT2D eigenvalue weighted by atomic mass is 10.3. The number of hydrogen-bond acceptors (Lipinski definition) is 5. The number of rotatable bonds is 0. The standard InChI is InChI=1S/C8H9N3.C7H8N4.2C2H6/c1-6-5-7(2)11-8(10-6)3-4-9-11;1-5-3-6(2)11-7(10-5)8-4-9-11;2*1-2/h3-5H,1-2H3;3-4H,1-2H3;2*1-2H3. The molecule has 0 unspecified atom stereocenters. The van der Waals surface area contributed by atoms with Gasteiger partial charge in [-0.15, -0.1) is 0 Å². The van der Waals surface area contributed by atoms with Crippen molar-refractivity contribution in [3.63, 3.8) is 0 Å². The molecule has 0 radical (unpaired) electrons. The molecule has 0 aromatic carbocycles. The van der Waals surface area contributed by atoms with Crippen molar-refractivity contribution in [2.45, 2.75) is 55.4 Å². The largest absolute Gasteiger partial charge is 0.252 e. The molecule has 0 aliphatic carbocycles. The van der Waals surface area contributed by atoms with Crippen LogP contribution in [0.1, 0.15) is 50.5 Å². The highest BCUT2D eigenvalue weighted by Crippen LogP contribution is 2.04. The van der Waals surface area contributed by atoms with Gasteiger partial charge in [0.15, 0.2) is 5.65 Å². The molecule has 0 bridgehead atoms. The smallest absolute Gasteiger partial charge is 0.234 e. The number of nitrogens with zero attached hydrogens (tertiary/aromatic N) is 7.